The highest BCUT2D eigenvalue weighted by atomic mass is 79.9. The van der Waals surface area contributed by atoms with Gasteiger partial charge in [-0.3, -0.25) is 4.79 Å². The molecule has 0 radical (unpaired) electrons. The molecular formula is C12H12BrNOS. The standard InChI is InChI=1S/C12H12BrNOS/c1-9-6-11(13)7-14(12(9)15)4-2-10-3-5-16-8-10/h3,5-8H,2,4H2,1H3. The Morgan fingerprint density at radius 1 is 1.50 bits per heavy atom. The summed E-state index contributed by atoms with van der Waals surface area (Å²) in [5.41, 5.74) is 2.16. The second-order valence-corrected chi connectivity index (χ2v) is 5.42. The number of pyridine rings is 1. The van der Waals surface area contributed by atoms with E-state index in [9.17, 15) is 4.79 Å². The van der Waals surface area contributed by atoms with Crippen LogP contribution in [0, 0.1) is 6.92 Å². The zero-order chi connectivity index (χ0) is 11.5. The van der Waals surface area contributed by atoms with Gasteiger partial charge in [0.2, 0.25) is 0 Å². The fraction of sp³-hybridized carbons (Fsp3) is 0.250. The summed E-state index contributed by atoms with van der Waals surface area (Å²) in [6, 6.07) is 3.95. The highest BCUT2D eigenvalue weighted by Crippen LogP contribution is 2.10. The molecule has 0 aliphatic carbocycles. The zero-order valence-corrected chi connectivity index (χ0v) is 11.3. The number of aromatic nitrogens is 1. The summed E-state index contributed by atoms with van der Waals surface area (Å²) in [5.74, 6) is 0. The predicted octanol–water partition coefficient (Wildman–Crippen LogP) is 3.22. The first kappa shape index (κ1) is 11.6. The third kappa shape index (κ3) is 2.62. The van der Waals surface area contributed by atoms with Crippen LogP contribution in [-0.2, 0) is 13.0 Å². The van der Waals surface area contributed by atoms with Gasteiger partial charge in [-0.2, -0.15) is 11.3 Å². The van der Waals surface area contributed by atoms with Crippen molar-refractivity contribution < 1.29 is 0 Å². The first-order chi connectivity index (χ1) is 7.66. The summed E-state index contributed by atoms with van der Waals surface area (Å²) < 4.78 is 2.71. The van der Waals surface area contributed by atoms with Crippen LogP contribution in [0.4, 0.5) is 0 Å². The van der Waals surface area contributed by atoms with Gasteiger partial charge in [0.1, 0.15) is 0 Å². The Balaban J connectivity index is 2.18. The normalized spacial score (nSPS) is 10.6. The SMILES string of the molecule is Cc1cc(Br)cn(CCc2ccsc2)c1=O. The van der Waals surface area contributed by atoms with E-state index in [-0.39, 0.29) is 5.56 Å². The summed E-state index contributed by atoms with van der Waals surface area (Å²) in [4.78, 5) is 11.8. The molecule has 84 valence electrons. The van der Waals surface area contributed by atoms with Gasteiger partial charge in [0.15, 0.2) is 0 Å². The molecule has 0 amide bonds. The van der Waals surface area contributed by atoms with Gasteiger partial charge in [-0.1, -0.05) is 0 Å². The lowest BCUT2D eigenvalue weighted by molar-refractivity contribution is 0.664. The van der Waals surface area contributed by atoms with Crippen molar-refractivity contribution >= 4 is 27.3 Å². The summed E-state index contributed by atoms with van der Waals surface area (Å²) >= 11 is 5.10. The van der Waals surface area contributed by atoms with Crippen molar-refractivity contribution in [3.05, 3.63) is 55.0 Å². The zero-order valence-electron chi connectivity index (χ0n) is 8.94. The third-order valence-corrected chi connectivity index (χ3v) is 3.62. The van der Waals surface area contributed by atoms with E-state index in [1.807, 2.05) is 19.2 Å². The molecule has 4 heteroatoms. The maximum absolute atomic E-state index is 11.8. The van der Waals surface area contributed by atoms with Crippen LogP contribution in [0.5, 0.6) is 0 Å². The van der Waals surface area contributed by atoms with E-state index in [1.54, 1.807) is 15.9 Å². The van der Waals surface area contributed by atoms with Crippen LogP contribution in [0.25, 0.3) is 0 Å². The Hall–Kier alpha value is -0.870. The summed E-state index contributed by atoms with van der Waals surface area (Å²) in [5, 5.41) is 4.18. The molecule has 2 heterocycles. The van der Waals surface area contributed by atoms with Crippen LogP contribution < -0.4 is 5.56 Å². The Morgan fingerprint density at radius 3 is 3.00 bits per heavy atom. The minimum Gasteiger partial charge on any atom is -0.314 e. The smallest absolute Gasteiger partial charge is 0.253 e. The fourth-order valence-electron chi connectivity index (χ4n) is 1.59. The molecule has 0 saturated heterocycles. The van der Waals surface area contributed by atoms with Crippen LogP contribution in [0.1, 0.15) is 11.1 Å². The number of halogens is 1. The largest absolute Gasteiger partial charge is 0.314 e. The van der Waals surface area contributed by atoms with Crippen LogP contribution in [0.3, 0.4) is 0 Å². The van der Waals surface area contributed by atoms with Crippen molar-refractivity contribution in [2.45, 2.75) is 19.9 Å². The quantitative estimate of drug-likeness (QED) is 0.853. The minimum atomic E-state index is 0.0958. The molecule has 0 spiro atoms. The molecule has 2 nitrogen and oxygen atoms in total. The lowest BCUT2D eigenvalue weighted by Gasteiger charge is -2.06. The van der Waals surface area contributed by atoms with Crippen molar-refractivity contribution in [3.8, 4) is 0 Å². The molecule has 0 aromatic carbocycles. The van der Waals surface area contributed by atoms with Crippen molar-refractivity contribution in [1.29, 1.82) is 0 Å². The maximum atomic E-state index is 11.8. The molecule has 0 atom stereocenters. The van der Waals surface area contributed by atoms with E-state index in [0.29, 0.717) is 0 Å². The molecule has 0 N–H and O–H groups in total. The van der Waals surface area contributed by atoms with Crippen LogP contribution in [0.15, 0.2) is 38.4 Å². The number of hydrogen-bond donors (Lipinski definition) is 0. The Morgan fingerprint density at radius 2 is 2.31 bits per heavy atom. The van der Waals surface area contributed by atoms with Crippen LogP contribution >= 0.6 is 27.3 Å². The van der Waals surface area contributed by atoms with Gasteiger partial charge >= 0.3 is 0 Å². The second kappa shape index (κ2) is 4.97. The molecule has 0 saturated carbocycles. The average molecular weight is 298 g/mol. The molecule has 0 fully saturated rings. The van der Waals surface area contributed by atoms with Gasteiger partial charge in [0.05, 0.1) is 0 Å². The predicted molar refractivity (Wildman–Crippen MR) is 71.2 cm³/mol. The van der Waals surface area contributed by atoms with E-state index in [4.69, 9.17) is 0 Å². The van der Waals surface area contributed by atoms with E-state index >= 15 is 0 Å². The van der Waals surface area contributed by atoms with Crippen LogP contribution in [0.2, 0.25) is 0 Å². The second-order valence-electron chi connectivity index (χ2n) is 3.72. The number of nitrogens with zero attached hydrogens (tertiary/aromatic N) is 1. The molecule has 2 rings (SSSR count). The Labute approximate surface area is 107 Å². The van der Waals surface area contributed by atoms with Crippen molar-refractivity contribution in [1.82, 2.24) is 4.57 Å². The monoisotopic (exact) mass is 297 g/mol. The Kier molecular flexibility index (Phi) is 3.61. The number of thiophene rings is 1. The molecule has 16 heavy (non-hydrogen) atoms. The maximum Gasteiger partial charge on any atom is 0.253 e. The Bertz CT molecular complexity index is 530. The number of rotatable bonds is 3. The van der Waals surface area contributed by atoms with Crippen molar-refractivity contribution in [2.75, 3.05) is 0 Å². The first-order valence-electron chi connectivity index (χ1n) is 5.04. The number of aryl methyl sites for hydroxylation is 3. The van der Waals surface area contributed by atoms with Gasteiger partial charge in [0.25, 0.3) is 5.56 Å². The summed E-state index contributed by atoms with van der Waals surface area (Å²) in [6.07, 6.45) is 2.75. The van der Waals surface area contributed by atoms with Crippen LogP contribution in [-0.4, -0.2) is 4.57 Å². The number of hydrogen-bond acceptors (Lipinski definition) is 2. The lowest BCUT2D eigenvalue weighted by atomic mass is 10.2. The van der Waals surface area contributed by atoms with Crippen molar-refractivity contribution in [2.24, 2.45) is 0 Å². The van der Waals surface area contributed by atoms with Gasteiger partial charge in [-0.05, 0) is 57.7 Å². The van der Waals surface area contributed by atoms with E-state index in [0.717, 1.165) is 23.0 Å². The molecule has 0 bridgehead atoms. The molecule has 2 aromatic rings. The average Bonchev–Trinajstić information content (AvgIpc) is 2.74. The molecular weight excluding hydrogens is 286 g/mol. The van der Waals surface area contributed by atoms with Gasteiger partial charge in [-0.25, -0.2) is 0 Å². The fourth-order valence-corrected chi connectivity index (χ4v) is 2.88. The summed E-state index contributed by atoms with van der Waals surface area (Å²) in [6.45, 7) is 2.57. The molecule has 0 aliphatic rings. The summed E-state index contributed by atoms with van der Waals surface area (Å²) in [7, 11) is 0. The van der Waals surface area contributed by atoms with E-state index in [1.165, 1.54) is 5.56 Å². The lowest BCUT2D eigenvalue weighted by Crippen LogP contribution is -2.22. The molecule has 0 unspecified atom stereocenters. The van der Waals surface area contributed by atoms with E-state index in [2.05, 4.69) is 32.8 Å². The van der Waals surface area contributed by atoms with Gasteiger partial charge < -0.3 is 4.57 Å². The topological polar surface area (TPSA) is 22.0 Å². The highest BCUT2D eigenvalue weighted by molar-refractivity contribution is 9.10. The van der Waals surface area contributed by atoms with Gasteiger partial charge in [-0.15, -0.1) is 0 Å². The van der Waals surface area contributed by atoms with E-state index < -0.39 is 0 Å². The molecule has 2 aromatic heterocycles. The van der Waals surface area contributed by atoms with Gasteiger partial charge in [0, 0.05) is 22.8 Å². The minimum absolute atomic E-state index is 0.0958. The third-order valence-electron chi connectivity index (χ3n) is 2.45. The first-order valence-corrected chi connectivity index (χ1v) is 6.78. The highest BCUT2D eigenvalue weighted by Gasteiger charge is 2.02. The molecule has 0 aliphatic heterocycles. The van der Waals surface area contributed by atoms with Crippen molar-refractivity contribution in [3.63, 3.8) is 0 Å².